The summed E-state index contributed by atoms with van der Waals surface area (Å²) >= 11 is 0. The number of nitrogens with two attached hydrogens (primary N) is 1. The van der Waals surface area contributed by atoms with Gasteiger partial charge in [0.1, 0.15) is 0 Å². The summed E-state index contributed by atoms with van der Waals surface area (Å²) in [5.41, 5.74) is 2.85. The zero-order chi connectivity index (χ0) is 11.5. The highest BCUT2D eigenvalue weighted by molar-refractivity contribution is 5.85. The maximum atomic E-state index is 5.30. The fourth-order valence-electron chi connectivity index (χ4n) is 3.39. The zero-order valence-electron chi connectivity index (χ0n) is 9.52. The topological polar surface area (TPSA) is 48.1 Å². The highest BCUT2D eigenvalue weighted by Gasteiger charge is 2.57. The number of fused-ring (bicyclic) bond motifs is 1. The third kappa shape index (κ3) is 1.12. The van der Waals surface area contributed by atoms with E-state index in [1.807, 2.05) is 6.07 Å². The molecule has 2 aromatic rings. The molecule has 3 saturated carbocycles. The summed E-state index contributed by atoms with van der Waals surface area (Å²) in [5, 5.41) is 1.03. The second kappa shape index (κ2) is 2.99. The Morgan fingerprint density at radius 1 is 1.24 bits per heavy atom. The van der Waals surface area contributed by atoms with Crippen LogP contribution in [0.2, 0.25) is 0 Å². The number of pyridine rings is 1. The van der Waals surface area contributed by atoms with Crippen LogP contribution in [0, 0.1) is 5.92 Å². The summed E-state index contributed by atoms with van der Waals surface area (Å²) in [7, 11) is 0. The van der Waals surface area contributed by atoms with Gasteiger partial charge < -0.3 is 4.84 Å². The highest BCUT2D eigenvalue weighted by Crippen LogP contribution is 2.65. The van der Waals surface area contributed by atoms with Crippen molar-refractivity contribution >= 4 is 10.9 Å². The first-order valence-corrected chi connectivity index (χ1v) is 6.07. The molecule has 1 heterocycles. The van der Waals surface area contributed by atoms with Gasteiger partial charge in [-0.15, -0.1) is 0 Å². The molecule has 0 radical (unpaired) electrons. The van der Waals surface area contributed by atoms with Crippen molar-refractivity contribution in [3.8, 4) is 5.75 Å². The predicted molar refractivity (Wildman–Crippen MR) is 65.6 cm³/mol. The summed E-state index contributed by atoms with van der Waals surface area (Å²) in [5.74, 6) is 7.01. The van der Waals surface area contributed by atoms with Crippen LogP contribution >= 0.6 is 0 Å². The minimum Gasteiger partial charge on any atom is -0.411 e. The summed E-state index contributed by atoms with van der Waals surface area (Å²) in [6.07, 6.45) is 5.80. The molecule has 0 unspecified atom stereocenters. The molecule has 2 N–H and O–H groups in total. The van der Waals surface area contributed by atoms with Crippen LogP contribution in [0.5, 0.6) is 5.75 Å². The molecule has 3 heteroatoms. The van der Waals surface area contributed by atoms with Crippen LogP contribution in [0.25, 0.3) is 10.9 Å². The number of benzene rings is 1. The number of hydrogen-bond donors (Lipinski definition) is 1. The molecule has 3 aliphatic carbocycles. The van der Waals surface area contributed by atoms with E-state index in [0.29, 0.717) is 11.2 Å². The standard InChI is InChI=1S/C14H14N2O/c15-17-13-3-4-16-12-2-1-10(5-11(12)13)14-6-9(7-14)8-14/h1-5,9H,6-8,15H2. The van der Waals surface area contributed by atoms with Crippen LogP contribution in [0.4, 0.5) is 0 Å². The summed E-state index contributed by atoms with van der Waals surface area (Å²) in [6.45, 7) is 0. The quantitative estimate of drug-likeness (QED) is 0.800. The molecule has 86 valence electrons. The lowest BCUT2D eigenvalue weighted by atomic mass is 9.42. The van der Waals surface area contributed by atoms with Crippen LogP contribution < -0.4 is 10.7 Å². The Labute approximate surface area is 99.6 Å². The number of rotatable bonds is 2. The minimum atomic E-state index is 0.473. The molecule has 0 aliphatic heterocycles. The van der Waals surface area contributed by atoms with Crippen LogP contribution in [0.15, 0.2) is 30.5 Å². The molecule has 0 amide bonds. The number of hydrogen-bond acceptors (Lipinski definition) is 3. The second-order valence-corrected chi connectivity index (χ2v) is 5.42. The first-order valence-electron chi connectivity index (χ1n) is 6.07. The molecule has 17 heavy (non-hydrogen) atoms. The predicted octanol–water partition coefficient (Wildman–Crippen LogP) is 2.54. The van der Waals surface area contributed by atoms with E-state index in [-0.39, 0.29) is 0 Å². The molecular weight excluding hydrogens is 212 g/mol. The minimum absolute atomic E-state index is 0.473. The van der Waals surface area contributed by atoms with E-state index in [1.54, 1.807) is 6.20 Å². The fourth-order valence-corrected chi connectivity index (χ4v) is 3.39. The molecule has 5 rings (SSSR count). The third-order valence-corrected chi connectivity index (χ3v) is 4.48. The zero-order valence-corrected chi connectivity index (χ0v) is 9.52. The summed E-state index contributed by atoms with van der Waals surface area (Å²) < 4.78 is 0. The van der Waals surface area contributed by atoms with Gasteiger partial charge in [0.2, 0.25) is 0 Å². The third-order valence-electron chi connectivity index (χ3n) is 4.48. The molecule has 1 aromatic carbocycles. The van der Waals surface area contributed by atoms with Gasteiger partial charge in [-0.25, -0.2) is 0 Å². The average molecular weight is 226 g/mol. The number of nitrogens with zero attached hydrogens (tertiary/aromatic N) is 1. The van der Waals surface area contributed by atoms with Crippen molar-refractivity contribution in [3.05, 3.63) is 36.0 Å². The van der Waals surface area contributed by atoms with Gasteiger partial charge in [0.05, 0.1) is 5.52 Å². The van der Waals surface area contributed by atoms with Gasteiger partial charge in [-0.3, -0.25) is 4.98 Å². The van der Waals surface area contributed by atoms with Gasteiger partial charge in [0.25, 0.3) is 0 Å². The largest absolute Gasteiger partial charge is 0.411 e. The maximum Gasteiger partial charge on any atom is 0.157 e. The van der Waals surface area contributed by atoms with Crippen molar-refractivity contribution in [1.29, 1.82) is 0 Å². The smallest absolute Gasteiger partial charge is 0.157 e. The molecule has 0 atom stereocenters. The van der Waals surface area contributed by atoms with Crippen LogP contribution in [-0.4, -0.2) is 4.98 Å². The SMILES string of the molecule is NOc1ccnc2ccc(C34CC(C3)C4)cc12. The lowest BCUT2D eigenvalue weighted by Crippen LogP contribution is -2.55. The van der Waals surface area contributed by atoms with Crippen molar-refractivity contribution in [2.45, 2.75) is 24.7 Å². The number of aromatic nitrogens is 1. The Hall–Kier alpha value is -1.61. The Balaban J connectivity index is 1.90. The van der Waals surface area contributed by atoms with Crippen LogP contribution in [-0.2, 0) is 5.41 Å². The average Bonchev–Trinajstić information content (AvgIpc) is 2.24. The summed E-state index contributed by atoms with van der Waals surface area (Å²) in [4.78, 5) is 9.25. The summed E-state index contributed by atoms with van der Waals surface area (Å²) in [6, 6.07) is 8.31. The molecule has 3 aliphatic rings. The highest BCUT2D eigenvalue weighted by atomic mass is 16.6. The van der Waals surface area contributed by atoms with Gasteiger partial charge in [-0.1, -0.05) is 6.07 Å². The van der Waals surface area contributed by atoms with E-state index in [2.05, 4.69) is 23.2 Å². The molecule has 0 saturated heterocycles. The van der Waals surface area contributed by atoms with Crippen molar-refractivity contribution in [2.75, 3.05) is 0 Å². The Morgan fingerprint density at radius 2 is 2.06 bits per heavy atom. The Morgan fingerprint density at radius 3 is 2.71 bits per heavy atom. The molecule has 1 aromatic heterocycles. The van der Waals surface area contributed by atoms with Crippen molar-refractivity contribution in [2.24, 2.45) is 11.8 Å². The van der Waals surface area contributed by atoms with Crippen molar-refractivity contribution < 1.29 is 4.84 Å². The molecule has 3 nitrogen and oxygen atoms in total. The Kier molecular flexibility index (Phi) is 1.66. The van der Waals surface area contributed by atoms with E-state index in [1.165, 1.54) is 24.8 Å². The fraction of sp³-hybridized carbons (Fsp3) is 0.357. The van der Waals surface area contributed by atoms with Gasteiger partial charge in [0, 0.05) is 17.6 Å². The van der Waals surface area contributed by atoms with Gasteiger partial charge in [0.15, 0.2) is 5.75 Å². The van der Waals surface area contributed by atoms with Gasteiger partial charge >= 0.3 is 0 Å². The Bertz CT molecular complexity index is 591. The van der Waals surface area contributed by atoms with E-state index in [4.69, 9.17) is 10.7 Å². The van der Waals surface area contributed by atoms with Crippen LogP contribution in [0.3, 0.4) is 0 Å². The first-order chi connectivity index (χ1) is 8.31. The maximum absolute atomic E-state index is 5.30. The van der Waals surface area contributed by atoms with E-state index >= 15 is 0 Å². The molecule has 2 bridgehead atoms. The first kappa shape index (κ1) is 9.42. The van der Waals surface area contributed by atoms with Gasteiger partial charge in [-0.2, -0.15) is 5.90 Å². The second-order valence-electron chi connectivity index (χ2n) is 5.42. The lowest BCUT2D eigenvalue weighted by Gasteiger charge is -2.62. The van der Waals surface area contributed by atoms with Crippen LogP contribution in [0.1, 0.15) is 24.8 Å². The van der Waals surface area contributed by atoms with Gasteiger partial charge in [-0.05, 0) is 48.3 Å². The van der Waals surface area contributed by atoms with E-state index in [9.17, 15) is 0 Å². The molecular formula is C14H14N2O. The monoisotopic (exact) mass is 226 g/mol. The van der Waals surface area contributed by atoms with Crippen molar-refractivity contribution in [1.82, 2.24) is 4.98 Å². The van der Waals surface area contributed by atoms with E-state index in [0.717, 1.165) is 16.8 Å². The lowest BCUT2D eigenvalue weighted by molar-refractivity contribution is -0.0273. The molecule has 3 fully saturated rings. The molecule has 0 spiro atoms. The normalized spacial score (nSPS) is 29.6. The van der Waals surface area contributed by atoms with E-state index < -0.39 is 0 Å². The van der Waals surface area contributed by atoms with Crippen molar-refractivity contribution in [3.63, 3.8) is 0 Å².